The molecule has 0 saturated heterocycles. The number of aromatic hydroxyl groups is 1. The van der Waals surface area contributed by atoms with Gasteiger partial charge in [-0.3, -0.25) is 0 Å². The Morgan fingerprint density at radius 1 is 1.47 bits per heavy atom. The van der Waals surface area contributed by atoms with E-state index in [0.717, 1.165) is 0 Å². The molecule has 1 aromatic rings. The number of benzene rings is 1. The van der Waals surface area contributed by atoms with Crippen LogP contribution in [0.3, 0.4) is 0 Å². The molecule has 1 unspecified atom stereocenters. The van der Waals surface area contributed by atoms with Crippen LogP contribution in [0.4, 0.5) is 0 Å². The lowest BCUT2D eigenvalue weighted by Crippen LogP contribution is -2.29. The van der Waals surface area contributed by atoms with Crippen LogP contribution in [0, 0.1) is 0 Å². The third-order valence-corrected chi connectivity index (χ3v) is 4.26. The van der Waals surface area contributed by atoms with E-state index in [9.17, 15) is 13.5 Å². The number of sulfone groups is 1. The van der Waals surface area contributed by atoms with Crippen LogP contribution in [-0.4, -0.2) is 25.3 Å². The predicted molar refractivity (Wildman–Crippen MR) is 66.7 cm³/mol. The smallest absolute Gasteiger partial charge is 0.173 e. The normalized spacial score (nSPS) is 21.8. The summed E-state index contributed by atoms with van der Waals surface area (Å²) in [5, 5.41) is 14.2. The first-order chi connectivity index (χ1) is 7.98. The Kier molecular flexibility index (Phi) is 3.42. The molecule has 17 heavy (non-hydrogen) atoms. The monoisotopic (exact) mass is 273 g/mol. The highest BCUT2D eigenvalue weighted by Gasteiger charge is 2.21. The van der Waals surface area contributed by atoms with E-state index in [-0.39, 0.29) is 17.5 Å². The van der Waals surface area contributed by atoms with Crippen molar-refractivity contribution in [2.24, 2.45) is 0 Å². The summed E-state index contributed by atoms with van der Waals surface area (Å²) < 4.78 is 22.4. The number of hydrogen-bond donors (Lipinski definition) is 2. The number of para-hydroxylation sites is 1. The van der Waals surface area contributed by atoms with E-state index in [2.05, 4.69) is 5.32 Å². The number of nitrogens with one attached hydrogen (secondary N) is 1. The van der Waals surface area contributed by atoms with Crippen molar-refractivity contribution in [1.29, 1.82) is 0 Å². The van der Waals surface area contributed by atoms with Crippen molar-refractivity contribution in [2.45, 2.75) is 12.6 Å². The second-order valence-corrected chi connectivity index (χ2v) is 6.23. The first-order valence-electron chi connectivity index (χ1n) is 5.09. The highest BCUT2D eigenvalue weighted by atomic mass is 35.5. The van der Waals surface area contributed by atoms with Crippen molar-refractivity contribution in [3.05, 3.63) is 40.3 Å². The molecule has 0 aliphatic carbocycles. The average molecular weight is 274 g/mol. The zero-order valence-corrected chi connectivity index (χ0v) is 10.5. The van der Waals surface area contributed by atoms with E-state index >= 15 is 0 Å². The Hall–Kier alpha value is -1.04. The Labute approximate surface area is 105 Å². The SMILES string of the molecule is O=S1(=O)C=CC(NCc2cccc(Cl)c2O)C1. The van der Waals surface area contributed by atoms with Crippen LogP contribution in [0.1, 0.15) is 5.56 Å². The van der Waals surface area contributed by atoms with Crippen LogP contribution in [0.15, 0.2) is 29.7 Å². The molecule has 1 heterocycles. The van der Waals surface area contributed by atoms with Gasteiger partial charge in [-0.15, -0.1) is 0 Å². The minimum absolute atomic E-state index is 0.0338. The van der Waals surface area contributed by atoms with Crippen molar-refractivity contribution in [3.63, 3.8) is 0 Å². The van der Waals surface area contributed by atoms with Crippen molar-refractivity contribution >= 4 is 21.4 Å². The maximum absolute atomic E-state index is 11.2. The molecule has 92 valence electrons. The van der Waals surface area contributed by atoms with Crippen molar-refractivity contribution in [1.82, 2.24) is 5.32 Å². The molecule has 4 nitrogen and oxygen atoms in total. The summed E-state index contributed by atoms with van der Waals surface area (Å²) in [6.45, 7) is 0.372. The lowest BCUT2D eigenvalue weighted by molar-refractivity contribution is 0.463. The summed E-state index contributed by atoms with van der Waals surface area (Å²) in [5.74, 6) is 0.0976. The van der Waals surface area contributed by atoms with Gasteiger partial charge >= 0.3 is 0 Å². The largest absolute Gasteiger partial charge is 0.506 e. The molecule has 1 aliphatic heterocycles. The molecule has 0 fully saturated rings. The molecular formula is C11H12ClNO3S. The number of halogens is 1. The van der Waals surface area contributed by atoms with E-state index in [1.165, 1.54) is 5.41 Å². The van der Waals surface area contributed by atoms with Gasteiger partial charge in [0.05, 0.1) is 10.8 Å². The highest BCUT2D eigenvalue weighted by molar-refractivity contribution is 7.94. The predicted octanol–water partition coefficient (Wildman–Crippen LogP) is 1.45. The average Bonchev–Trinajstić information content (AvgIpc) is 2.61. The molecule has 1 aromatic carbocycles. The van der Waals surface area contributed by atoms with Crippen molar-refractivity contribution in [2.75, 3.05) is 5.75 Å². The second kappa shape index (κ2) is 4.68. The van der Waals surface area contributed by atoms with Gasteiger partial charge in [0.25, 0.3) is 0 Å². The Morgan fingerprint density at radius 2 is 2.24 bits per heavy atom. The maximum atomic E-state index is 11.2. The number of hydrogen-bond acceptors (Lipinski definition) is 4. The van der Waals surface area contributed by atoms with Gasteiger partial charge in [0, 0.05) is 23.6 Å². The topological polar surface area (TPSA) is 66.4 Å². The van der Waals surface area contributed by atoms with Crippen LogP contribution in [0.25, 0.3) is 0 Å². The molecule has 0 saturated carbocycles. The summed E-state index contributed by atoms with van der Waals surface area (Å²) in [6.07, 6.45) is 1.61. The quantitative estimate of drug-likeness (QED) is 0.875. The third kappa shape index (κ3) is 3.00. The third-order valence-electron chi connectivity index (χ3n) is 2.56. The molecule has 0 radical (unpaired) electrons. The number of rotatable bonds is 3. The van der Waals surface area contributed by atoms with Crippen LogP contribution in [-0.2, 0) is 16.4 Å². The molecule has 6 heteroatoms. The van der Waals surface area contributed by atoms with E-state index < -0.39 is 9.84 Å². The fourth-order valence-corrected chi connectivity index (χ4v) is 3.11. The van der Waals surface area contributed by atoms with Gasteiger partial charge in [0.1, 0.15) is 5.75 Å². The van der Waals surface area contributed by atoms with E-state index in [1.54, 1.807) is 24.3 Å². The first-order valence-corrected chi connectivity index (χ1v) is 7.18. The fraction of sp³-hybridized carbons (Fsp3) is 0.273. The first kappa shape index (κ1) is 12.4. The summed E-state index contributed by atoms with van der Waals surface area (Å²) >= 11 is 5.77. The molecule has 0 amide bonds. The standard InChI is InChI=1S/C11H12ClNO3S/c12-10-3-1-2-8(11(10)14)6-13-9-4-5-17(15,16)7-9/h1-5,9,13-14H,6-7H2. The molecule has 2 rings (SSSR count). The molecule has 2 N–H and O–H groups in total. The van der Waals surface area contributed by atoms with E-state index in [0.29, 0.717) is 17.1 Å². The molecule has 1 aliphatic rings. The zero-order chi connectivity index (χ0) is 12.5. The van der Waals surface area contributed by atoms with Gasteiger partial charge in [0.15, 0.2) is 9.84 Å². The fourth-order valence-electron chi connectivity index (χ4n) is 1.65. The second-order valence-electron chi connectivity index (χ2n) is 3.89. The Bertz CT molecular complexity index is 554. The van der Waals surface area contributed by atoms with Crippen molar-refractivity contribution < 1.29 is 13.5 Å². The van der Waals surface area contributed by atoms with E-state index in [4.69, 9.17) is 11.6 Å². The maximum Gasteiger partial charge on any atom is 0.173 e. The highest BCUT2D eigenvalue weighted by Crippen LogP contribution is 2.26. The van der Waals surface area contributed by atoms with Crippen LogP contribution in [0.5, 0.6) is 5.75 Å². The summed E-state index contributed by atoms with van der Waals surface area (Å²) in [6, 6.07) is 4.86. The van der Waals surface area contributed by atoms with Gasteiger partial charge in [-0.1, -0.05) is 29.8 Å². The van der Waals surface area contributed by atoms with Gasteiger partial charge in [-0.2, -0.15) is 0 Å². The number of phenols is 1. The molecule has 0 bridgehead atoms. The van der Waals surface area contributed by atoms with Gasteiger partial charge < -0.3 is 10.4 Å². The molecular weight excluding hydrogens is 262 g/mol. The molecule has 0 spiro atoms. The summed E-state index contributed by atoms with van der Waals surface area (Å²) in [7, 11) is -3.05. The van der Waals surface area contributed by atoms with Gasteiger partial charge in [-0.05, 0) is 6.07 Å². The lowest BCUT2D eigenvalue weighted by Gasteiger charge is -2.11. The van der Waals surface area contributed by atoms with Gasteiger partial charge in [0.2, 0.25) is 0 Å². The van der Waals surface area contributed by atoms with Gasteiger partial charge in [-0.25, -0.2) is 8.42 Å². The van der Waals surface area contributed by atoms with Crippen molar-refractivity contribution in [3.8, 4) is 5.75 Å². The summed E-state index contributed by atoms with van der Waals surface area (Å²) in [5.41, 5.74) is 0.648. The lowest BCUT2D eigenvalue weighted by atomic mass is 10.2. The Balaban J connectivity index is 2.00. The molecule has 0 aromatic heterocycles. The Morgan fingerprint density at radius 3 is 2.88 bits per heavy atom. The zero-order valence-electron chi connectivity index (χ0n) is 8.93. The summed E-state index contributed by atoms with van der Waals surface area (Å²) in [4.78, 5) is 0. The van der Waals surface area contributed by atoms with Crippen LogP contribution in [0.2, 0.25) is 5.02 Å². The van der Waals surface area contributed by atoms with Crippen LogP contribution >= 0.6 is 11.6 Å². The number of phenolic OH excluding ortho intramolecular Hbond substituents is 1. The minimum Gasteiger partial charge on any atom is -0.506 e. The molecule has 1 atom stereocenters. The minimum atomic E-state index is -3.05. The van der Waals surface area contributed by atoms with E-state index in [1.807, 2.05) is 0 Å². The van der Waals surface area contributed by atoms with Crippen LogP contribution < -0.4 is 5.32 Å².